The number of benzene rings is 3. The molecule has 10 heteroatoms. The summed E-state index contributed by atoms with van der Waals surface area (Å²) >= 11 is 1.50. The monoisotopic (exact) mass is 542 g/mol. The number of aromatic nitrogens is 2. The van der Waals surface area contributed by atoms with Crippen LogP contribution < -0.4 is 4.31 Å². The Balaban J connectivity index is 1.54. The number of rotatable bonds is 8. The number of thiazole rings is 1. The Kier molecular flexibility index (Phi) is 7.05. The minimum absolute atomic E-state index is 0.000205. The van der Waals surface area contributed by atoms with Crippen molar-refractivity contribution >= 4 is 54.1 Å². The minimum atomic E-state index is -4.19. The van der Waals surface area contributed by atoms with Crippen LogP contribution in [0.3, 0.4) is 0 Å². The Morgan fingerprint density at radius 1 is 1.08 bits per heavy atom. The number of ether oxygens (including phenoxy) is 1. The number of pyridine rings is 1. The van der Waals surface area contributed by atoms with Crippen LogP contribution in [0.4, 0.5) is 5.69 Å². The lowest BCUT2D eigenvalue weighted by Gasteiger charge is -2.24. The van der Waals surface area contributed by atoms with Gasteiger partial charge in [0.15, 0.2) is 0 Å². The maximum absolute atomic E-state index is 14.0. The van der Waals surface area contributed by atoms with Crippen molar-refractivity contribution in [2.75, 3.05) is 17.5 Å². The highest BCUT2D eigenvalue weighted by Gasteiger charge is 2.30. The van der Waals surface area contributed by atoms with Gasteiger partial charge in [0.25, 0.3) is 10.0 Å². The van der Waals surface area contributed by atoms with Gasteiger partial charge < -0.3 is 4.74 Å². The van der Waals surface area contributed by atoms with Crippen molar-refractivity contribution < 1.29 is 17.9 Å². The number of hydrogen-bond acceptors (Lipinski definition) is 8. The molecule has 0 N–H and O–H groups in total. The zero-order valence-corrected chi connectivity index (χ0v) is 22.0. The number of carbonyl (C=O) groups is 1. The first-order valence-corrected chi connectivity index (χ1v) is 14.1. The highest BCUT2D eigenvalue weighted by atomic mass is 32.2. The molecule has 3 aromatic carbocycles. The minimum Gasteiger partial charge on any atom is -0.465 e. The summed E-state index contributed by atoms with van der Waals surface area (Å²) in [5.41, 5.74) is 2.85. The van der Waals surface area contributed by atoms with Gasteiger partial charge >= 0.3 is 5.97 Å². The van der Waals surface area contributed by atoms with Crippen molar-refractivity contribution in [2.24, 2.45) is 0 Å². The van der Waals surface area contributed by atoms with E-state index < -0.39 is 22.5 Å². The highest BCUT2D eigenvalue weighted by Crippen LogP contribution is 2.32. The highest BCUT2D eigenvalue weighted by molar-refractivity contribution is 7.93. The van der Waals surface area contributed by atoms with E-state index in [2.05, 4.69) is 11.1 Å². The van der Waals surface area contributed by atoms with Crippen molar-refractivity contribution in [3.8, 4) is 6.07 Å². The third kappa shape index (κ3) is 5.07. The van der Waals surface area contributed by atoms with Gasteiger partial charge in [-0.3, -0.25) is 14.1 Å². The molecule has 0 aliphatic rings. The molecule has 38 heavy (non-hydrogen) atoms. The first kappa shape index (κ1) is 25.3. The molecule has 0 bridgehead atoms. The molecular weight excluding hydrogens is 520 g/mol. The molecule has 0 radical (unpaired) electrons. The summed E-state index contributed by atoms with van der Waals surface area (Å²) in [5.74, 6) is -0.663. The van der Waals surface area contributed by atoms with Crippen LogP contribution in [0, 0.1) is 11.3 Å². The number of nitriles is 1. The molecule has 2 aromatic heterocycles. The maximum Gasteiger partial charge on any atom is 0.326 e. The molecule has 0 aliphatic heterocycles. The van der Waals surface area contributed by atoms with Gasteiger partial charge in [-0.2, -0.15) is 5.26 Å². The van der Waals surface area contributed by atoms with E-state index >= 15 is 0 Å². The van der Waals surface area contributed by atoms with E-state index in [0.29, 0.717) is 34.1 Å². The zero-order valence-electron chi connectivity index (χ0n) is 20.4. The average molecular weight is 543 g/mol. The van der Waals surface area contributed by atoms with Crippen LogP contribution in [-0.4, -0.2) is 37.5 Å². The number of fused-ring (bicyclic) bond motifs is 2. The third-order valence-electron chi connectivity index (χ3n) is 5.88. The zero-order chi connectivity index (χ0) is 26.7. The molecule has 0 atom stereocenters. The Morgan fingerprint density at radius 2 is 1.87 bits per heavy atom. The van der Waals surface area contributed by atoms with Crippen molar-refractivity contribution in [3.05, 3.63) is 95.1 Å². The second kappa shape index (κ2) is 10.6. The van der Waals surface area contributed by atoms with E-state index in [4.69, 9.17) is 15.0 Å². The predicted molar refractivity (Wildman–Crippen MR) is 146 cm³/mol. The number of para-hydroxylation sites is 1. The largest absolute Gasteiger partial charge is 0.465 e. The van der Waals surface area contributed by atoms with Crippen molar-refractivity contribution in [2.45, 2.75) is 18.2 Å². The van der Waals surface area contributed by atoms with E-state index in [-0.39, 0.29) is 11.5 Å². The third-order valence-corrected chi connectivity index (χ3v) is 8.73. The molecule has 5 rings (SSSR count). The van der Waals surface area contributed by atoms with Crippen LogP contribution >= 0.6 is 11.3 Å². The van der Waals surface area contributed by atoms with E-state index in [1.54, 1.807) is 61.5 Å². The van der Waals surface area contributed by atoms with E-state index in [1.165, 1.54) is 23.6 Å². The molecule has 0 amide bonds. The lowest BCUT2D eigenvalue weighted by atomic mass is 10.1. The second-order valence-electron chi connectivity index (χ2n) is 8.39. The SMILES string of the molecule is CCOC(=O)CN(c1ccc2sc(Cc3ccc(C#N)cc3)nc2c1)S(=O)(=O)c1cccc2cccnc12. The normalized spacial score (nSPS) is 11.4. The van der Waals surface area contributed by atoms with Gasteiger partial charge in [0, 0.05) is 18.0 Å². The van der Waals surface area contributed by atoms with Gasteiger partial charge in [-0.25, -0.2) is 13.4 Å². The quantitative estimate of drug-likeness (QED) is 0.252. The topological polar surface area (TPSA) is 113 Å². The first-order chi connectivity index (χ1) is 18.4. The number of carbonyl (C=O) groups excluding carboxylic acids is 1. The summed E-state index contributed by atoms with van der Waals surface area (Å²) in [4.78, 5) is 21.5. The van der Waals surface area contributed by atoms with Gasteiger partial charge in [0.1, 0.15) is 11.4 Å². The number of anilines is 1. The van der Waals surface area contributed by atoms with Crippen LogP contribution in [0.1, 0.15) is 23.1 Å². The molecule has 0 aliphatic carbocycles. The van der Waals surface area contributed by atoms with Crippen LogP contribution in [-0.2, 0) is 26.0 Å². The summed E-state index contributed by atoms with van der Waals surface area (Å²) in [7, 11) is -4.19. The molecule has 2 heterocycles. The number of nitrogens with zero attached hydrogens (tertiary/aromatic N) is 4. The summed E-state index contributed by atoms with van der Waals surface area (Å²) in [5, 5.41) is 10.5. The smallest absolute Gasteiger partial charge is 0.326 e. The average Bonchev–Trinajstić information content (AvgIpc) is 3.33. The standard InChI is InChI=1S/C28H22N4O4S2/c1-2-36-27(33)18-32(38(34,35)25-7-3-5-21-6-4-14-30-28(21)25)22-12-13-24-23(16-22)31-26(37-24)15-19-8-10-20(17-29)11-9-19/h3-14,16H,2,15,18H2,1H3. The molecule has 0 fully saturated rings. The molecule has 0 spiro atoms. The fraction of sp³-hybridized carbons (Fsp3) is 0.143. The predicted octanol–water partition coefficient (Wildman–Crippen LogP) is 5.07. The van der Waals surface area contributed by atoms with E-state index in [0.717, 1.165) is 19.6 Å². The Bertz CT molecular complexity index is 1790. The van der Waals surface area contributed by atoms with Crippen LogP contribution in [0.5, 0.6) is 0 Å². The van der Waals surface area contributed by atoms with Crippen molar-refractivity contribution in [3.63, 3.8) is 0 Å². The van der Waals surface area contributed by atoms with Gasteiger partial charge in [0.05, 0.1) is 44.7 Å². The fourth-order valence-electron chi connectivity index (χ4n) is 4.11. The van der Waals surface area contributed by atoms with Crippen molar-refractivity contribution in [1.82, 2.24) is 9.97 Å². The summed E-state index contributed by atoms with van der Waals surface area (Å²) in [6.45, 7) is 1.31. The number of sulfonamides is 1. The molecule has 8 nitrogen and oxygen atoms in total. The molecule has 0 saturated heterocycles. The second-order valence-corrected chi connectivity index (χ2v) is 11.3. The Labute approximate surface area is 223 Å². The molecule has 0 unspecified atom stereocenters. The van der Waals surface area contributed by atoms with E-state index in [9.17, 15) is 13.2 Å². The molecule has 190 valence electrons. The lowest BCUT2D eigenvalue weighted by Crippen LogP contribution is -2.36. The van der Waals surface area contributed by atoms with Crippen LogP contribution in [0.2, 0.25) is 0 Å². The lowest BCUT2D eigenvalue weighted by molar-refractivity contribution is -0.141. The molecular formula is C28H22N4O4S2. The number of hydrogen-bond donors (Lipinski definition) is 0. The molecule has 0 saturated carbocycles. The van der Waals surface area contributed by atoms with Gasteiger partial charge in [-0.05, 0) is 55.0 Å². The fourth-order valence-corrected chi connectivity index (χ4v) is 6.66. The molecule has 5 aromatic rings. The van der Waals surface area contributed by atoms with Gasteiger partial charge in [-0.1, -0.05) is 30.3 Å². The first-order valence-electron chi connectivity index (χ1n) is 11.8. The van der Waals surface area contributed by atoms with E-state index in [1.807, 2.05) is 12.1 Å². The summed E-state index contributed by atoms with van der Waals surface area (Å²) in [6, 6.07) is 23.0. The Hall–Kier alpha value is -4.33. The summed E-state index contributed by atoms with van der Waals surface area (Å²) in [6.07, 6.45) is 2.11. The summed E-state index contributed by atoms with van der Waals surface area (Å²) < 4.78 is 34.9. The maximum atomic E-state index is 14.0. The Morgan fingerprint density at radius 3 is 2.63 bits per heavy atom. The van der Waals surface area contributed by atoms with Gasteiger partial charge in [-0.15, -0.1) is 11.3 Å². The van der Waals surface area contributed by atoms with Gasteiger partial charge in [0.2, 0.25) is 0 Å². The van der Waals surface area contributed by atoms with Crippen LogP contribution in [0.25, 0.3) is 21.1 Å². The van der Waals surface area contributed by atoms with Crippen LogP contribution in [0.15, 0.2) is 83.9 Å². The number of esters is 1. The van der Waals surface area contributed by atoms with Crippen molar-refractivity contribution in [1.29, 1.82) is 5.26 Å².